The number of fused-ring (bicyclic) bond motifs is 2. The summed E-state index contributed by atoms with van der Waals surface area (Å²) in [4.78, 5) is 23.1. The van der Waals surface area contributed by atoms with E-state index in [2.05, 4.69) is 13.8 Å². The maximum atomic E-state index is 12.1. The Morgan fingerprint density at radius 2 is 2.23 bits per heavy atom. The van der Waals surface area contributed by atoms with Crippen molar-refractivity contribution in [3.63, 3.8) is 0 Å². The van der Waals surface area contributed by atoms with E-state index in [4.69, 9.17) is 14.2 Å². The smallest absolute Gasteiger partial charge is 0.338 e. The van der Waals surface area contributed by atoms with E-state index in [0.29, 0.717) is 11.7 Å². The average Bonchev–Trinajstić information content (AvgIpc) is 2.99. The van der Waals surface area contributed by atoms with Crippen LogP contribution < -0.4 is 0 Å². The first kappa shape index (κ1) is 15.3. The molecule has 0 aromatic heterocycles. The molecule has 0 saturated carbocycles. The van der Waals surface area contributed by atoms with Gasteiger partial charge in [-0.2, -0.15) is 0 Å². The molecule has 0 aromatic rings. The highest BCUT2D eigenvalue weighted by Gasteiger charge is 2.51. The first-order valence-corrected chi connectivity index (χ1v) is 7.80. The number of epoxide rings is 1. The third-order valence-corrected chi connectivity index (χ3v) is 4.79. The molecule has 3 rings (SSSR count). The molecular formula is C17H22O5. The van der Waals surface area contributed by atoms with Gasteiger partial charge in [0.05, 0.1) is 17.3 Å². The zero-order valence-electron chi connectivity index (χ0n) is 13.3. The Balaban J connectivity index is 1.87. The monoisotopic (exact) mass is 306 g/mol. The number of rotatable bonds is 2. The Morgan fingerprint density at radius 3 is 2.95 bits per heavy atom. The minimum Gasteiger partial charge on any atom is -0.461 e. The van der Waals surface area contributed by atoms with Crippen LogP contribution in [0, 0.1) is 0 Å². The first-order chi connectivity index (χ1) is 10.4. The lowest BCUT2D eigenvalue weighted by Crippen LogP contribution is -2.16. The van der Waals surface area contributed by atoms with Crippen molar-refractivity contribution in [2.75, 3.05) is 6.61 Å². The van der Waals surface area contributed by atoms with E-state index in [1.54, 1.807) is 0 Å². The van der Waals surface area contributed by atoms with Gasteiger partial charge in [0.15, 0.2) is 0 Å². The van der Waals surface area contributed by atoms with Crippen LogP contribution >= 0.6 is 0 Å². The van der Waals surface area contributed by atoms with Crippen molar-refractivity contribution in [3.05, 3.63) is 22.8 Å². The number of hydrogen-bond donors (Lipinski definition) is 0. The summed E-state index contributed by atoms with van der Waals surface area (Å²) < 4.78 is 16.3. The molecule has 2 aliphatic heterocycles. The van der Waals surface area contributed by atoms with Crippen LogP contribution in [-0.4, -0.2) is 36.4 Å². The molecule has 22 heavy (non-hydrogen) atoms. The van der Waals surface area contributed by atoms with Crippen molar-refractivity contribution >= 4 is 11.9 Å². The second-order valence-corrected chi connectivity index (χ2v) is 6.58. The lowest BCUT2D eigenvalue weighted by molar-refractivity contribution is -0.142. The molecule has 1 fully saturated rings. The van der Waals surface area contributed by atoms with Gasteiger partial charge >= 0.3 is 11.9 Å². The normalized spacial score (nSPS) is 36.7. The fourth-order valence-corrected chi connectivity index (χ4v) is 3.27. The molecule has 2 heterocycles. The summed E-state index contributed by atoms with van der Waals surface area (Å²) >= 11 is 0. The molecule has 0 amide bonds. The summed E-state index contributed by atoms with van der Waals surface area (Å²) in [6.07, 6.45) is 5.54. The van der Waals surface area contributed by atoms with E-state index in [9.17, 15) is 9.59 Å². The highest BCUT2D eigenvalue weighted by atomic mass is 16.6. The predicted octanol–water partition coefficient (Wildman–Crippen LogP) is 2.45. The van der Waals surface area contributed by atoms with Crippen LogP contribution in [0.25, 0.3) is 0 Å². The van der Waals surface area contributed by atoms with Gasteiger partial charge in [0.2, 0.25) is 0 Å². The van der Waals surface area contributed by atoms with Crippen molar-refractivity contribution in [2.45, 2.75) is 64.3 Å². The van der Waals surface area contributed by atoms with Gasteiger partial charge in [-0.15, -0.1) is 0 Å². The van der Waals surface area contributed by atoms with Crippen molar-refractivity contribution < 1.29 is 23.8 Å². The van der Waals surface area contributed by atoms with E-state index < -0.39 is 5.97 Å². The van der Waals surface area contributed by atoms with Crippen LogP contribution in [0.2, 0.25) is 0 Å². The van der Waals surface area contributed by atoms with E-state index >= 15 is 0 Å². The largest absolute Gasteiger partial charge is 0.461 e. The SMILES string of the molecule is CC(=O)OCC1=C2CC[C@]3(C)O[C@@H]3CC/C(C)=C/[C@H]2OC1=O. The quantitative estimate of drug-likeness (QED) is 0.445. The zero-order chi connectivity index (χ0) is 15.9. The van der Waals surface area contributed by atoms with Crippen molar-refractivity contribution in [3.8, 4) is 0 Å². The summed E-state index contributed by atoms with van der Waals surface area (Å²) in [5.74, 6) is -0.767. The van der Waals surface area contributed by atoms with Gasteiger partial charge in [-0.1, -0.05) is 5.57 Å². The number of ether oxygens (including phenoxy) is 3. The van der Waals surface area contributed by atoms with Crippen LogP contribution in [-0.2, 0) is 23.8 Å². The fraction of sp³-hybridized carbons (Fsp3) is 0.647. The van der Waals surface area contributed by atoms with Crippen molar-refractivity contribution in [1.29, 1.82) is 0 Å². The summed E-state index contributed by atoms with van der Waals surface area (Å²) in [5, 5.41) is 0. The molecule has 1 saturated heterocycles. The Morgan fingerprint density at radius 1 is 1.45 bits per heavy atom. The predicted molar refractivity (Wildman–Crippen MR) is 79.0 cm³/mol. The number of hydrogen-bond acceptors (Lipinski definition) is 5. The Hall–Kier alpha value is -1.62. The first-order valence-electron chi connectivity index (χ1n) is 7.80. The minimum atomic E-state index is -0.395. The third-order valence-electron chi connectivity index (χ3n) is 4.79. The van der Waals surface area contributed by atoms with Crippen molar-refractivity contribution in [2.24, 2.45) is 0 Å². The zero-order valence-corrected chi connectivity index (χ0v) is 13.3. The van der Waals surface area contributed by atoms with E-state index in [-0.39, 0.29) is 24.3 Å². The molecule has 0 bridgehead atoms. The van der Waals surface area contributed by atoms with E-state index in [1.807, 2.05) is 6.08 Å². The lowest BCUT2D eigenvalue weighted by Gasteiger charge is -2.15. The molecule has 0 unspecified atom stereocenters. The van der Waals surface area contributed by atoms with Gasteiger partial charge in [-0.3, -0.25) is 4.79 Å². The Labute approximate surface area is 130 Å². The molecule has 5 nitrogen and oxygen atoms in total. The molecule has 0 radical (unpaired) electrons. The molecule has 3 aliphatic rings. The average molecular weight is 306 g/mol. The summed E-state index contributed by atoms with van der Waals surface area (Å²) in [6, 6.07) is 0. The lowest BCUT2D eigenvalue weighted by atomic mass is 9.89. The van der Waals surface area contributed by atoms with Crippen LogP contribution in [0.4, 0.5) is 0 Å². The van der Waals surface area contributed by atoms with Gasteiger partial charge in [-0.25, -0.2) is 4.79 Å². The maximum absolute atomic E-state index is 12.1. The van der Waals surface area contributed by atoms with Gasteiger partial charge < -0.3 is 14.2 Å². The molecule has 3 atom stereocenters. The van der Waals surface area contributed by atoms with Gasteiger partial charge in [0.25, 0.3) is 0 Å². The van der Waals surface area contributed by atoms with Crippen LogP contribution in [0.15, 0.2) is 22.8 Å². The van der Waals surface area contributed by atoms with Gasteiger partial charge in [0, 0.05) is 6.92 Å². The maximum Gasteiger partial charge on any atom is 0.338 e. The highest BCUT2D eigenvalue weighted by molar-refractivity contribution is 5.93. The summed E-state index contributed by atoms with van der Waals surface area (Å²) in [7, 11) is 0. The van der Waals surface area contributed by atoms with E-state index in [1.165, 1.54) is 12.5 Å². The topological polar surface area (TPSA) is 65.1 Å². The molecule has 0 N–H and O–H groups in total. The van der Waals surface area contributed by atoms with Crippen LogP contribution in [0.5, 0.6) is 0 Å². The third kappa shape index (κ3) is 2.95. The molecular weight excluding hydrogens is 284 g/mol. The second-order valence-electron chi connectivity index (χ2n) is 6.58. The van der Waals surface area contributed by atoms with Crippen molar-refractivity contribution in [1.82, 2.24) is 0 Å². The van der Waals surface area contributed by atoms with Gasteiger partial charge in [-0.05, 0) is 51.2 Å². The molecule has 1 aliphatic carbocycles. The molecule has 120 valence electrons. The molecule has 0 aromatic carbocycles. The number of esters is 2. The number of carbonyl (C=O) groups excluding carboxylic acids is 2. The number of carbonyl (C=O) groups is 2. The minimum absolute atomic E-state index is 0.00606. The van der Waals surface area contributed by atoms with Crippen LogP contribution in [0.1, 0.15) is 46.5 Å². The van der Waals surface area contributed by atoms with E-state index in [0.717, 1.165) is 31.3 Å². The summed E-state index contributed by atoms with van der Waals surface area (Å²) in [5.41, 5.74) is 2.53. The van der Waals surface area contributed by atoms with Gasteiger partial charge in [0.1, 0.15) is 12.7 Å². The molecule has 5 heteroatoms. The fourth-order valence-electron chi connectivity index (χ4n) is 3.27. The standard InChI is InChI=1S/C17H22O5/c1-10-4-5-15-17(3,22-15)7-6-12-13(9-20-11(2)18)16(19)21-14(12)8-10/h8,14-15H,4-7,9H2,1-3H3/b10-8+/t14-,15-,17+/m1/s1. The Kier molecular flexibility index (Phi) is 3.85. The molecule has 0 spiro atoms. The second kappa shape index (κ2) is 5.54. The Bertz CT molecular complexity index is 574. The summed E-state index contributed by atoms with van der Waals surface area (Å²) in [6.45, 7) is 5.51. The highest BCUT2D eigenvalue weighted by Crippen LogP contribution is 2.46. The van der Waals surface area contributed by atoms with Crippen LogP contribution in [0.3, 0.4) is 0 Å². The number of allylic oxidation sites excluding steroid dienone is 1.